The van der Waals surface area contributed by atoms with Crippen LogP contribution in [-0.2, 0) is 16.1 Å². The number of carbonyl (C=O) groups is 3. The van der Waals surface area contributed by atoms with Gasteiger partial charge in [-0.3, -0.25) is 14.4 Å². The maximum Gasteiger partial charge on any atom is 0.290 e. The number of likely N-dealkylation sites (N-methyl/N-ethyl adjacent to an activating group) is 1. The SMILES string of the molecule is CN(Cc1ccccc1F)C(=O)CN(CC(=O)Nc1ccc(Oc2ccc(F)cc2)cc1)C(=O)c1cc2ccccc2o1. The number of benzene rings is 4. The van der Waals surface area contributed by atoms with E-state index in [2.05, 4.69) is 5.32 Å². The Kier molecular flexibility index (Phi) is 8.76. The highest BCUT2D eigenvalue weighted by molar-refractivity contribution is 6.01. The lowest BCUT2D eigenvalue weighted by Gasteiger charge is -2.24. The van der Waals surface area contributed by atoms with Gasteiger partial charge in [0.05, 0.1) is 0 Å². The molecule has 5 aromatic rings. The summed E-state index contributed by atoms with van der Waals surface area (Å²) < 4.78 is 38.7. The molecule has 0 spiro atoms. The highest BCUT2D eigenvalue weighted by Gasteiger charge is 2.26. The molecule has 43 heavy (non-hydrogen) atoms. The number of nitrogens with one attached hydrogen (secondary N) is 1. The Morgan fingerprint density at radius 1 is 0.814 bits per heavy atom. The molecule has 0 saturated heterocycles. The van der Waals surface area contributed by atoms with Crippen molar-refractivity contribution < 1.29 is 32.3 Å². The number of ether oxygens (including phenoxy) is 1. The number of carbonyl (C=O) groups excluding carboxylic acids is 3. The van der Waals surface area contributed by atoms with Gasteiger partial charge in [0, 0.05) is 30.2 Å². The van der Waals surface area contributed by atoms with Gasteiger partial charge in [-0.15, -0.1) is 0 Å². The van der Waals surface area contributed by atoms with Crippen molar-refractivity contribution in [3.05, 3.63) is 126 Å². The van der Waals surface area contributed by atoms with E-state index in [1.165, 1.54) is 42.3 Å². The van der Waals surface area contributed by atoms with E-state index in [0.717, 1.165) is 4.90 Å². The lowest BCUT2D eigenvalue weighted by Crippen LogP contribution is -2.44. The largest absolute Gasteiger partial charge is 0.457 e. The predicted molar refractivity (Wildman–Crippen MR) is 157 cm³/mol. The normalized spacial score (nSPS) is 10.8. The number of fused-ring (bicyclic) bond motifs is 1. The first-order valence-electron chi connectivity index (χ1n) is 13.3. The third-order valence-electron chi connectivity index (χ3n) is 6.56. The molecule has 0 atom stereocenters. The van der Waals surface area contributed by atoms with Crippen molar-refractivity contribution in [1.82, 2.24) is 9.80 Å². The zero-order valence-electron chi connectivity index (χ0n) is 23.1. The van der Waals surface area contributed by atoms with Gasteiger partial charge < -0.3 is 24.3 Å². The van der Waals surface area contributed by atoms with Crippen LogP contribution in [0.3, 0.4) is 0 Å². The standard InChI is InChI=1S/C33H27F2N3O5/c1-37(19-23-7-2-4-8-28(23)35)32(40)21-38(33(41)30-18-22-6-3-5-9-29(22)43-30)20-31(39)36-25-12-16-27(17-13-25)42-26-14-10-24(34)11-15-26/h2-18H,19-21H2,1H3,(H,36,39). The average Bonchev–Trinajstić information content (AvgIpc) is 3.44. The van der Waals surface area contributed by atoms with Gasteiger partial charge in [-0.05, 0) is 66.7 Å². The second kappa shape index (κ2) is 13.0. The van der Waals surface area contributed by atoms with E-state index in [0.29, 0.717) is 33.7 Å². The smallest absolute Gasteiger partial charge is 0.290 e. The number of rotatable bonds is 10. The fourth-order valence-corrected chi connectivity index (χ4v) is 4.32. The molecule has 0 aliphatic rings. The molecule has 0 fully saturated rings. The second-order valence-corrected chi connectivity index (χ2v) is 9.78. The summed E-state index contributed by atoms with van der Waals surface area (Å²) in [6, 6.07) is 26.7. The highest BCUT2D eigenvalue weighted by atomic mass is 19.1. The minimum atomic E-state index is -0.651. The first-order valence-corrected chi connectivity index (χ1v) is 13.3. The molecule has 1 N–H and O–H groups in total. The van der Waals surface area contributed by atoms with Crippen molar-refractivity contribution in [1.29, 1.82) is 0 Å². The summed E-state index contributed by atoms with van der Waals surface area (Å²) in [5, 5.41) is 3.41. The maximum absolute atomic E-state index is 14.2. The Hall–Kier alpha value is -5.51. The van der Waals surface area contributed by atoms with E-state index in [-0.39, 0.29) is 18.1 Å². The minimum Gasteiger partial charge on any atom is -0.457 e. The zero-order chi connectivity index (χ0) is 30.3. The van der Waals surface area contributed by atoms with E-state index >= 15 is 0 Å². The van der Waals surface area contributed by atoms with Gasteiger partial charge in [0.2, 0.25) is 11.8 Å². The molecule has 218 valence electrons. The summed E-state index contributed by atoms with van der Waals surface area (Å²) >= 11 is 0. The van der Waals surface area contributed by atoms with Gasteiger partial charge >= 0.3 is 0 Å². The zero-order valence-corrected chi connectivity index (χ0v) is 23.1. The molecular weight excluding hydrogens is 556 g/mol. The van der Waals surface area contributed by atoms with Crippen LogP contribution in [-0.4, -0.2) is 47.7 Å². The van der Waals surface area contributed by atoms with Crippen molar-refractivity contribution in [2.75, 3.05) is 25.5 Å². The third kappa shape index (κ3) is 7.42. The molecule has 5 rings (SSSR count). The summed E-state index contributed by atoms with van der Waals surface area (Å²) in [5.74, 6) is -1.65. The predicted octanol–water partition coefficient (Wildman–Crippen LogP) is 6.24. The van der Waals surface area contributed by atoms with E-state index in [1.54, 1.807) is 72.8 Å². The number of furan rings is 1. The minimum absolute atomic E-state index is 0.0172. The van der Waals surface area contributed by atoms with Gasteiger partial charge in [-0.2, -0.15) is 0 Å². The lowest BCUT2D eigenvalue weighted by atomic mass is 10.2. The molecule has 8 nitrogen and oxygen atoms in total. The van der Waals surface area contributed by atoms with Crippen LogP contribution >= 0.6 is 0 Å². The van der Waals surface area contributed by atoms with Crippen LogP contribution in [0, 0.1) is 11.6 Å². The molecule has 4 aromatic carbocycles. The van der Waals surface area contributed by atoms with Crippen molar-refractivity contribution in [3.8, 4) is 11.5 Å². The molecule has 0 aliphatic heterocycles. The monoisotopic (exact) mass is 583 g/mol. The first kappa shape index (κ1) is 29.0. The molecule has 0 saturated carbocycles. The summed E-state index contributed by atoms with van der Waals surface area (Å²) in [6.07, 6.45) is 0. The second-order valence-electron chi connectivity index (χ2n) is 9.78. The van der Waals surface area contributed by atoms with Crippen LogP contribution in [0.25, 0.3) is 11.0 Å². The summed E-state index contributed by atoms with van der Waals surface area (Å²) in [6.45, 7) is -0.918. The molecular formula is C33H27F2N3O5. The van der Waals surface area contributed by atoms with E-state index in [9.17, 15) is 23.2 Å². The van der Waals surface area contributed by atoms with Gasteiger partial charge in [0.15, 0.2) is 5.76 Å². The highest BCUT2D eigenvalue weighted by Crippen LogP contribution is 2.24. The van der Waals surface area contributed by atoms with Crippen LogP contribution in [0.15, 0.2) is 108 Å². The van der Waals surface area contributed by atoms with E-state index < -0.39 is 36.6 Å². The quantitative estimate of drug-likeness (QED) is 0.210. The van der Waals surface area contributed by atoms with Crippen LogP contribution in [0.1, 0.15) is 16.1 Å². The third-order valence-corrected chi connectivity index (χ3v) is 6.56. The number of hydrogen-bond donors (Lipinski definition) is 1. The number of halogens is 2. The Morgan fingerprint density at radius 2 is 1.47 bits per heavy atom. The summed E-state index contributed by atoms with van der Waals surface area (Å²) in [4.78, 5) is 42.0. The van der Waals surface area contributed by atoms with Crippen LogP contribution in [0.4, 0.5) is 14.5 Å². The molecule has 0 unspecified atom stereocenters. The van der Waals surface area contributed by atoms with Crippen molar-refractivity contribution >= 4 is 34.4 Å². The Morgan fingerprint density at radius 3 is 2.16 bits per heavy atom. The fraction of sp³-hybridized carbons (Fsp3) is 0.121. The molecule has 0 radical (unpaired) electrons. The number of amides is 3. The molecule has 1 heterocycles. The molecule has 10 heteroatoms. The summed E-state index contributed by atoms with van der Waals surface area (Å²) in [5.41, 5.74) is 1.23. The van der Waals surface area contributed by atoms with Gasteiger partial charge in [-0.25, -0.2) is 8.78 Å². The van der Waals surface area contributed by atoms with E-state index in [1.807, 2.05) is 0 Å². The number of anilines is 1. The van der Waals surface area contributed by atoms with Gasteiger partial charge in [-0.1, -0.05) is 36.4 Å². The van der Waals surface area contributed by atoms with Crippen molar-refractivity contribution in [3.63, 3.8) is 0 Å². The first-order chi connectivity index (χ1) is 20.7. The fourth-order valence-electron chi connectivity index (χ4n) is 4.32. The van der Waals surface area contributed by atoms with Crippen LogP contribution in [0.5, 0.6) is 11.5 Å². The summed E-state index contributed by atoms with van der Waals surface area (Å²) in [7, 11) is 1.49. The Balaban J connectivity index is 1.28. The van der Waals surface area contributed by atoms with Crippen molar-refractivity contribution in [2.45, 2.75) is 6.54 Å². The number of nitrogens with zero attached hydrogens (tertiary/aromatic N) is 2. The Bertz CT molecular complexity index is 1720. The van der Waals surface area contributed by atoms with Gasteiger partial charge in [0.1, 0.15) is 41.8 Å². The molecule has 1 aromatic heterocycles. The van der Waals surface area contributed by atoms with Crippen molar-refractivity contribution in [2.24, 2.45) is 0 Å². The lowest BCUT2D eigenvalue weighted by molar-refractivity contribution is -0.131. The van der Waals surface area contributed by atoms with Crippen LogP contribution < -0.4 is 10.1 Å². The molecule has 0 aliphatic carbocycles. The number of para-hydroxylation sites is 1. The van der Waals surface area contributed by atoms with E-state index in [4.69, 9.17) is 9.15 Å². The Labute approximate surface area is 246 Å². The van der Waals surface area contributed by atoms with Gasteiger partial charge in [0.25, 0.3) is 5.91 Å². The topological polar surface area (TPSA) is 92.1 Å². The molecule has 0 bridgehead atoms. The molecule has 3 amide bonds. The number of hydrogen-bond acceptors (Lipinski definition) is 5. The van der Waals surface area contributed by atoms with Crippen LogP contribution in [0.2, 0.25) is 0 Å². The maximum atomic E-state index is 14.2. The average molecular weight is 584 g/mol.